The zero-order chi connectivity index (χ0) is 11.0. The van der Waals surface area contributed by atoms with Crippen molar-refractivity contribution in [3.8, 4) is 0 Å². The minimum absolute atomic E-state index is 0.0486. The van der Waals surface area contributed by atoms with Gasteiger partial charge in [-0.3, -0.25) is 14.2 Å². The Kier molecular flexibility index (Phi) is 2.15. The van der Waals surface area contributed by atoms with Crippen LogP contribution in [0.1, 0.15) is 21.7 Å². The van der Waals surface area contributed by atoms with E-state index in [4.69, 9.17) is 0 Å². The van der Waals surface area contributed by atoms with E-state index in [2.05, 4.69) is 10.2 Å². The number of aryl methyl sites for hydroxylation is 3. The van der Waals surface area contributed by atoms with Crippen LogP contribution in [0.3, 0.4) is 0 Å². The highest BCUT2D eigenvalue weighted by Crippen LogP contribution is 2.11. The van der Waals surface area contributed by atoms with Gasteiger partial charge in [0.2, 0.25) is 5.78 Å². The van der Waals surface area contributed by atoms with Crippen molar-refractivity contribution in [2.75, 3.05) is 0 Å². The molecule has 0 unspecified atom stereocenters. The highest BCUT2D eigenvalue weighted by molar-refractivity contribution is 6.07. The molecule has 78 valence electrons. The number of aromatic nitrogens is 4. The molecule has 2 rings (SSSR count). The van der Waals surface area contributed by atoms with Crippen molar-refractivity contribution in [2.24, 2.45) is 14.1 Å². The molecule has 0 saturated heterocycles. The topological polar surface area (TPSA) is 52.7 Å². The van der Waals surface area contributed by atoms with Crippen molar-refractivity contribution in [3.63, 3.8) is 0 Å². The van der Waals surface area contributed by atoms with Gasteiger partial charge in [0.1, 0.15) is 11.4 Å². The summed E-state index contributed by atoms with van der Waals surface area (Å²) < 4.78 is 3.15. The summed E-state index contributed by atoms with van der Waals surface area (Å²) in [6.45, 7) is 1.87. The SMILES string of the molecule is Cc1cnn(C)c1C(=O)c1ccnn1C. The Hall–Kier alpha value is -1.91. The molecule has 2 aromatic heterocycles. The second-order valence-electron chi connectivity index (χ2n) is 3.47. The van der Waals surface area contributed by atoms with E-state index in [1.54, 1.807) is 41.9 Å². The molecule has 0 spiro atoms. The van der Waals surface area contributed by atoms with E-state index < -0.39 is 0 Å². The molecular formula is C10H12N4O. The van der Waals surface area contributed by atoms with Crippen molar-refractivity contribution >= 4 is 5.78 Å². The molecule has 5 heteroatoms. The van der Waals surface area contributed by atoms with Gasteiger partial charge >= 0.3 is 0 Å². The van der Waals surface area contributed by atoms with Crippen molar-refractivity contribution in [1.82, 2.24) is 19.6 Å². The molecular weight excluding hydrogens is 192 g/mol. The Morgan fingerprint density at radius 1 is 1.27 bits per heavy atom. The predicted octanol–water partition coefficient (Wildman–Crippen LogP) is 0.693. The molecule has 0 atom stereocenters. The second kappa shape index (κ2) is 3.34. The molecule has 0 bridgehead atoms. The lowest BCUT2D eigenvalue weighted by atomic mass is 10.1. The molecule has 0 saturated carbocycles. The number of carbonyl (C=O) groups excluding carboxylic acids is 1. The summed E-state index contributed by atoms with van der Waals surface area (Å²) in [5.74, 6) is -0.0486. The van der Waals surface area contributed by atoms with Crippen LogP contribution in [0.25, 0.3) is 0 Å². The standard InChI is InChI=1S/C10H12N4O/c1-7-6-12-14(3)9(7)10(15)8-4-5-11-13(8)2/h4-6H,1-3H3. The van der Waals surface area contributed by atoms with Gasteiger partial charge in [-0.15, -0.1) is 0 Å². The van der Waals surface area contributed by atoms with Crippen molar-refractivity contribution in [3.05, 3.63) is 35.4 Å². The van der Waals surface area contributed by atoms with Crippen LogP contribution in [0, 0.1) is 6.92 Å². The van der Waals surface area contributed by atoms with E-state index in [0.717, 1.165) is 5.56 Å². The summed E-state index contributed by atoms with van der Waals surface area (Å²) in [5, 5.41) is 8.02. The number of carbonyl (C=O) groups is 1. The molecule has 0 aliphatic carbocycles. The first kappa shape index (κ1) is 9.64. The molecule has 0 N–H and O–H groups in total. The fourth-order valence-corrected chi connectivity index (χ4v) is 1.59. The first-order valence-corrected chi connectivity index (χ1v) is 4.62. The number of hydrogen-bond acceptors (Lipinski definition) is 3. The lowest BCUT2D eigenvalue weighted by Gasteiger charge is -2.03. The van der Waals surface area contributed by atoms with Gasteiger partial charge < -0.3 is 0 Å². The fourth-order valence-electron chi connectivity index (χ4n) is 1.59. The van der Waals surface area contributed by atoms with E-state index in [1.165, 1.54) is 0 Å². The van der Waals surface area contributed by atoms with Crippen LogP contribution in [-0.2, 0) is 14.1 Å². The van der Waals surface area contributed by atoms with E-state index in [0.29, 0.717) is 11.4 Å². The first-order chi connectivity index (χ1) is 7.11. The van der Waals surface area contributed by atoms with Gasteiger partial charge in [-0.25, -0.2) is 0 Å². The zero-order valence-corrected chi connectivity index (χ0v) is 8.93. The van der Waals surface area contributed by atoms with Crippen LogP contribution < -0.4 is 0 Å². The summed E-state index contributed by atoms with van der Waals surface area (Å²) in [5.41, 5.74) is 2.06. The molecule has 0 fully saturated rings. The van der Waals surface area contributed by atoms with Gasteiger partial charge in [0.25, 0.3) is 0 Å². The maximum absolute atomic E-state index is 12.1. The molecule has 0 aliphatic rings. The van der Waals surface area contributed by atoms with Gasteiger partial charge in [-0.2, -0.15) is 10.2 Å². The quantitative estimate of drug-likeness (QED) is 0.676. The third-order valence-electron chi connectivity index (χ3n) is 2.39. The summed E-state index contributed by atoms with van der Waals surface area (Å²) in [6.07, 6.45) is 3.29. The number of ketones is 1. The molecule has 0 radical (unpaired) electrons. The van der Waals surface area contributed by atoms with Crippen LogP contribution in [0.5, 0.6) is 0 Å². The van der Waals surface area contributed by atoms with E-state index in [9.17, 15) is 4.79 Å². The van der Waals surface area contributed by atoms with Crippen LogP contribution >= 0.6 is 0 Å². The third kappa shape index (κ3) is 1.45. The normalized spacial score (nSPS) is 10.6. The molecule has 15 heavy (non-hydrogen) atoms. The Morgan fingerprint density at radius 2 is 2.00 bits per heavy atom. The average Bonchev–Trinajstić information content (AvgIpc) is 2.73. The summed E-state index contributed by atoms with van der Waals surface area (Å²) in [4.78, 5) is 12.1. The third-order valence-corrected chi connectivity index (χ3v) is 2.39. The minimum Gasteiger partial charge on any atom is -0.285 e. The van der Waals surface area contributed by atoms with E-state index in [-0.39, 0.29) is 5.78 Å². The van der Waals surface area contributed by atoms with Crippen molar-refractivity contribution < 1.29 is 4.79 Å². The predicted molar refractivity (Wildman–Crippen MR) is 54.6 cm³/mol. The second-order valence-corrected chi connectivity index (χ2v) is 3.47. The Morgan fingerprint density at radius 3 is 2.47 bits per heavy atom. The Balaban J connectivity index is 2.50. The van der Waals surface area contributed by atoms with Gasteiger partial charge in [-0.1, -0.05) is 0 Å². The largest absolute Gasteiger partial charge is 0.285 e. The van der Waals surface area contributed by atoms with E-state index >= 15 is 0 Å². The summed E-state index contributed by atoms with van der Waals surface area (Å²) in [6, 6.07) is 1.70. The van der Waals surface area contributed by atoms with Crippen molar-refractivity contribution in [2.45, 2.75) is 6.92 Å². The van der Waals surface area contributed by atoms with Gasteiger partial charge in [0, 0.05) is 20.3 Å². The maximum atomic E-state index is 12.1. The molecule has 0 amide bonds. The molecule has 2 aromatic rings. The highest BCUT2D eigenvalue weighted by atomic mass is 16.1. The maximum Gasteiger partial charge on any atom is 0.229 e. The monoisotopic (exact) mass is 204 g/mol. The summed E-state index contributed by atoms with van der Waals surface area (Å²) in [7, 11) is 3.51. The van der Waals surface area contributed by atoms with Crippen LogP contribution in [0.4, 0.5) is 0 Å². The molecule has 0 aliphatic heterocycles. The van der Waals surface area contributed by atoms with Gasteiger partial charge in [0.15, 0.2) is 0 Å². The average molecular weight is 204 g/mol. The van der Waals surface area contributed by atoms with Gasteiger partial charge in [0.05, 0.1) is 6.20 Å². The summed E-state index contributed by atoms with van der Waals surface area (Å²) >= 11 is 0. The van der Waals surface area contributed by atoms with Gasteiger partial charge in [-0.05, 0) is 18.6 Å². The lowest BCUT2D eigenvalue weighted by molar-refractivity contribution is 0.102. The first-order valence-electron chi connectivity index (χ1n) is 4.62. The number of nitrogens with zero attached hydrogens (tertiary/aromatic N) is 4. The minimum atomic E-state index is -0.0486. The van der Waals surface area contributed by atoms with Crippen LogP contribution in [0.15, 0.2) is 18.5 Å². The number of rotatable bonds is 2. The Bertz CT molecular complexity index is 490. The molecule has 0 aromatic carbocycles. The number of hydrogen-bond donors (Lipinski definition) is 0. The van der Waals surface area contributed by atoms with Crippen LogP contribution in [-0.4, -0.2) is 25.3 Å². The Labute approximate surface area is 87.3 Å². The molecule has 5 nitrogen and oxygen atoms in total. The fraction of sp³-hybridized carbons (Fsp3) is 0.300. The van der Waals surface area contributed by atoms with Crippen LogP contribution in [0.2, 0.25) is 0 Å². The smallest absolute Gasteiger partial charge is 0.229 e. The zero-order valence-electron chi connectivity index (χ0n) is 8.93. The van der Waals surface area contributed by atoms with E-state index in [1.807, 2.05) is 6.92 Å². The molecule has 2 heterocycles. The van der Waals surface area contributed by atoms with Crippen molar-refractivity contribution in [1.29, 1.82) is 0 Å². The highest BCUT2D eigenvalue weighted by Gasteiger charge is 2.18. The lowest BCUT2D eigenvalue weighted by Crippen LogP contribution is -2.13.